The molecule has 1 N–H and O–H groups in total. The smallest absolute Gasteiger partial charge is 0.274 e. The minimum absolute atomic E-state index is 0.0526. The number of rotatable bonds is 5. The molecule has 0 atom stereocenters. The molecule has 7 heteroatoms. The number of aromatic nitrogens is 3. The second-order valence-electron chi connectivity index (χ2n) is 7.75. The Morgan fingerprint density at radius 2 is 1.89 bits per heavy atom. The Morgan fingerprint density at radius 1 is 1.14 bits per heavy atom. The number of hydrogen-bond acceptors (Lipinski definition) is 5. The van der Waals surface area contributed by atoms with Crippen LogP contribution in [0.15, 0.2) is 39.6 Å². The van der Waals surface area contributed by atoms with Crippen LogP contribution < -0.4 is 10.9 Å². The normalized spacial score (nSPS) is 17.3. The summed E-state index contributed by atoms with van der Waals surface area (Å²) in [6.45, 7) is 0.234. The number of nitrogens with zero attached hydrogens (tertiary/aromatic N) is 3. The molecule has 144 valence electrons. The Kier molecular flexibility index (Phi) is 4.22. The SMILES string of the molecule is O=C(NCc1nn(C2CCCC2)c(=O)c2ccccc12)c1cc(C2CC2)on1. The third kappa shape index (κ3) is 3.10. The monoisotopic (exact) mass is 378 g/mol. The van der Waals surface area contributed by atoms with Gasteiger partial charge in [0.15, 0.2) is 5.69 Å². The quantitative estimate of drug-likeness (QED) is 0.736. The molecular formula is C21H22N4O3. The summed E-state index contributed by atoms with van der Waals surface area (Å²) in [6.07, 6.45) is 6.37. The molecule has 2 fully saturated rings. The van der Waals surface area contributed by atoms with Crippen molar-refractivity contribution in [1.82, 2.24) is 20.3 Å². The fraction of sp³-hybridized carbons (Fsp3) is 0.429. The first kappa shape index (κ1) is 17.2. The molecule has 3 aromatic rings. The molecule has 28 heavy (non-hydrogen) atoms. The third-order valence-corrected chi connectivity index (χ3v) is 5.73. The number of nitrogens with one attached hydrogen (secondary N) is 1. The molecule has 0 spiro atoms. The first-order valence-electron chi connectivity index (χ1n) is 9.96. The lowest BCUT2D eigenvalue weighted by atomic mass is 10.1. The van der Waals surface area contributed by atoms with Crippen LogP contribution in [0.3, 0.4) is 0 Å². The molecule has 1 aromatic carbocycles. The lowest BCUT2D eigenvalue weighted by molar-refractivity contribution is 0.0941. The van der Waals surface area contributed by atoms with E-state index >= 15 is 0 Å². The zero-order valence-electron chi connectivity index (χ0n) is 15.6. The van der Waals surface area contributed by atoms with Crippen molar-refractivity contribution in [1.29, 1.82) is 0 Å². The van der Waals surface area contributed by atoms with Gasteiger partial charge in [-0.2, -0.15) is 5.10 Å². The summed E-state index contributed by atoms with van der Waals surface area (Å²) in [5.41, 5.74) is 0.930. The van der Waals surface area contributed by atoms with Crippen molar-refractivity contribution in [2.75, 3.05) is 0 Å². The average Bonchev–Trinajstić information content (AvgIpc) is 3.21. The number of benzene rings is 1. The van der Waals surface area contributed by atoms with E-state index in [0.29, 0.717) is 17.0 Å². The van der Waals surface area contributed by atoms with Crippen LogP contribution in [0.4, 0.5) is 0 Å². The summed E-state index contributed by atoms with van der Waals surface area (Å²) in [4.78, 5) is 25.4. The van der Waals surface area contributed by atoms with E-state index in [9.17, 15) is 9.59 Å². The molecule has 2 saturated carbocycles. The van der Waals surface area contributed by atoms with Crippen molar-refractivity contribution in [3.8, 4) is 0 Å². The van der Waals surface area contributed by atoms with Crippen LogP contribution in [0.2, 0.25) is 0 Å². The van der Waals surface area contributed by atoms with Gasteiger partial charge >= 0.3 is 0 Å². The number of hydrogen-bond donors (Lipinski definition) is 1. The van der Waals surface area contributed by atoms with E-state index in [2.05, 4.69) is 15.6 Å². The zero-order chi connectivity index (χ0) is 19.1. The Bertz CT molecular complexity index is 1090. The predicted molar refractivity (Wildman–Crippen MR) is 103 cm³/mol. The number of amides is 1. The van der Waals surface area contributed by atoms with Crippen molar-refractivity contribution in [2.24, 2.45) is 0 Å². The van der Waals surface area contributed by atoms with Crippen molar-refractivity contribution in [3.63, 3.8) is 0 Å². The van der Waals surface area contributed by atoms with Crippen LogP contribution >= 0.6 is 0 Å². The minimum atomic E-state index is -0.292. The first-order valence-corrected chi connectivity index (χ1v) is 9.96. The standard InChI is InChI=1S/C21H22N4O3/c26-20(17-11-19(28-24-17)13-9-10-13)22-12-18-15-7-3-4-8-16(15)21(27)25(23-18)14-5-1-2-6-14/h3-4,7-8,11,13-14H,1-2,5-6,9-10,12H2,(H,22,26). The maximum Gasteiger partial charge on any atom is 0.274 e. The van der Waals surface area contributed by atoms with E-state index in [1.165, 1.54) is 0 Å². The number of carbonyl (C=O) groups is 1. The Labute approximate surface area is 161 Å². The molecule has 2 aromatic heterocycles. The van der Waals surface area contributed by atoms with Crippen molar-refractivity contribution in [3.05, 3.63) is 57.8 Å². The first-order chi connectivity index (χ1) is 13.7. The minimum Gasteiger partial charge on any atom is -0.360 e. The molecule has 1 amide bonds. The van der Waals surface area contributed by atoms with Gasteiger partial charge < -0.3 is 9.84 Å². The molecule has 0 saturated heterocycles. The lowest BCUT2D eigenvalue weighted by Gasteiger charge is -2.16. The Hall–Kier alpha value is -2.96. The third-order valence-electron chi connectivity index (χ3n) is 5.73. The van der Waals surface area contributed by atoms with Crippen molar-refractivity contribution < 1.29 is 9.32 Å². The summed E-state index contributed by atoms with van der Waals surface area (Å²) in [5, 5.41) is 12.8. The zero-order valence-corrected chi connectivity index (χ0v) is 15.6. The average molecular weight is 378 g/mol. The van der Waals surface area contributed by atoms with Gasteiger partial charge in [-0.05, 0) is 31.7 Å². The molecule has 0 aliphatic heterocycles. The van der Waals surface area contributed by atoms with Gasteiger partial charge in [-0.3, -0.25) is 9.59 Å². The van der Waals surface area contributed by atoms with E-state index in [1.54, 1.807) is 10.7 Å². The molecule has 2 aliphatic rings. The molecule has 0 radical (unpaired) electrons. The topological polar surface area (TPSA) is 90.0 Å². The summed E-state index contributed by atoms with van der Waals surface area (Å²) >= 11 is 0. The van der Waals surface area contributed by atoms with Gasteiger partial charge in [-0.25, -0.2) is 4.68 Å². The van der Waals surface area contributed by atoms with E-state index in [1.807, 2.05) is 24.3 Å². The van der Waals surface area contributed by atoms with E-state index in [-0.39, 0.29) is 29.7 Å². The van der Waals surface area contributed by atoms with Gasteiger partial charge in [0.1, 0.15) is 5.76 Å². The summed E-state index contributed by atoms with van der Waals surface area (Å²) in [5.74, 6) is 0.901. The number of carbonyl (C=O) groups excluding carboxylic acids is 1. The van der Waals surface area contributed by atoms with E-state index in [0.717, 1.165) is 49.7 Å². The second-order valence-corrected chi connectivity index (χ2v) is 7.75. The van der Waals surface area contributed by atoms with Crippen LogP contribution in [0.1, 0.15) is 72.4 Å². The highest BCUT2D eigenvalue weighted by atomic mass is 16.5. The van der Waals surface area contributed by atoms with Gasteiger partial charge in [-0.15, -0.1) is 0 Å². The molecule has 0 bridgehead atoms. The van der Waals surface area contributed by atoms with Gasteiger partial charge in [0.05, 0.1) is 23.7 Å². The maximum atomic E-state index is 12.9. The van der Waals surface area contributed by atoms with E-state index in [4.69, 9.17) is 4.52 Å². The lowest BCUT2D eigenvalue weighted by Crippen LogP contribution is -2.30. The van der Waals surface area contributed by atoms with Crippen LogP contribution in [0, 0.1) is 0 Å². The molecule has 0 unspecified atom stereocenters. The van der Waals surface area contributed by atoms with Crippen LogP contribution in [-0.4, -0.2) is 20.8 Å². The molecule has 7 nitrogen and oxygen atoms in total. The molecule has 2 aliphatic carbocycles. The fourth-order valence-corrected chi connectivity index (χ4v) is 4.01. The summed E-state index contributed by atoms with van der Waals surface area (Å²) in [7, 11) is 0. The molecule has 2 heterocycles. The van der Waals surface area contributed by atoms with Gasteiger partial charge in [-0.1, -0.05) is 36.2 Å². The van der Waals surface area contributed by atoms with Gasteiger partial charge in [0.25, 0.3) is 11.5 Å². The van der Waals surface area contributed by atoms with Crippen molar-refractivity contribution >= 4 is 16.7 Å². The fourth-order valence-electron chi connectivity index (χ4n) is 4.01. The second kappa shape index (κ2) is 6.89. The van der Waals surface area contributed by atoms with Gasteiger partial charge in [0, 0.05) is 17.4 Å². The summed E-state index contributed by atoms with van der Waals surface area (Å²) < 4.78 is 6.89. The highest BCUT2D eigenvalue weighted by Crippen LogP contribution is 2.40. The number of fused-ring (bicyclic) bond motifs is 1. The maximum absolute atomic E-state index is 12.9. The molecular weight excluding hydrogens is 356 g/mol. The molecule has 5 rings (SSSR count). The summed E-state index contributed by atoms with van der Waals surface area (Å²) in [6, 6.07) is 9.32. The largest absolute Gasteiger partial charge is 0.360 e. The van der Waals surface area contributed by atoms with Crippen LogP contribution in [-0.2, 0) is 6.54 Å². The predicted octanol–water partition coefficient (Wildman–Crippen LogP) is 3.31. The van der Waals surface area contributed by atoms with Gasteiger partial charge in [0.2, 0.25) is 0 Å². The van der Waals surface area contributed by atoms with Crippen LogP contribution in [0.25, 0.3) is 10.8 Å². The van der Waals surface area contributed by atoms with Crippen molar-refractivity contribution in [2.45, 2.75) is 57.0 Å². The van der Waals surface area contributed by atoms with E-state index < -0.39 is 0 Å². The van der Waals surface area contributed by atoms with Crippen LogP contribution in [0.5, 0.6) is 0 Å². The Morgan fingerprint density at radius 3 is 2.64 bits per heavy atom. The highest BCUT2D eigenvalue weighted by Gasteiger charge is 2.29. The highest BCUT2D eigenvalue weighted by molar-refractivity contribution is 5.92. The Balaban J connectivity index is 1.43.